The Morgan fingerprint density at radius 3 is 1.64 bits per heavy atom. The third-order valence-corrected chi connectivity index (χ3v) is 15.2. The van der Waals surface area contributed by atoms with E-state index in [1.54, 1.807) is 0 Å². The fourth-order valence-electron chi connectivity index (χ4n) is 2.69. The smallest absolute Gasteiger partial charge is 0.417 e. The van der Waals surface area contributed by atoms with Crippen molar-refractivity contribution in [3.63, 3.8) is 0 Å². The molecule has 146 valence electrons. The molecule has 1 heterocycles. The van der Waals surface area contributed by atoms with Crippen molar-refractivity contribution in [3.8, 4) is 0 Å². The van der Waals surface area contributed by atoms with Crippen LogP contribution < -0.4 is 0 Å². The van der Waals surface area contributed by atoms with Gasteiger partial charge in [-0.05, 0) is 65.3 Å². The highest BCUT2D eigenvalue weighted by Gasteiger charge is 2.49. The van der Waals surface area contributed by atoms with Gasteiger partial charge in [-0.2, -0.15) is 0 Å². The summed E-state index contributed by atoms with van der Waals surface area (Å²) in [5.74, 6) is 1.36. The van der Waals surface area contributed by atoms with Crippen LogP contribution in [0, 0.1) is 0 Å². The van der Waals surface area contributed by atoms with Crippen molar-refractivity contribution >= 4 is 33.8 Å². The van der Waals surface area contributed by atoms with Gasteiger partial charge in [0.1, 0.15) is 5.82 Å². The normalized spacial score (nSPS) is 15.4. The van der Waals surface area contributed by atoms with Crippen LogP contribution in [0.2, 0.25) is 65.0 Å². The Kier molecular flexibility index (Phi) is 7.65. The monoisotopic (exact) mass is 418 g/mol. The third kappa shape index (κ3) is 9.45. The Labute approximate surface area is 158 Å². The van der Waals surface area contributed by atoms with Crippen molar-refractivity contribution in [2.24, 2.45) is 0 Å². The summed E-state index contributed by atoms with van der Waals surface area (Å²) in [4.78, 5) is 7.63. The molecule has 0 aliphatic rings. The molecule has 0 fully saturated rings. The van der Waals surface area contributed by atoms with Crippen molar-refractivity contribution < 1.29 is 12.3 Å². The first-order chi connectivity index (χ1) is 11.1. The summed E-state index contributed by atoms with van der Waals surface area (Å²) in [6, 6.07) is 0.855. The van der Waals surface area contributed by atoms with Crippen molar-refractivity contribution in [1.82, 2.24) is 9.97 Å². The number of hydrogen-bond donors (Lipinski definition) is 1. The largest absolute Gasteiger partial charge is 0.469 e. The fourth-order valence-corrected chi connectivity index (χ4v) is 17.5. The van der Waals surface area contributed by atoms with Crippen LogP contribution in [0.5, 0.6) is 0 Å². The van der Waals surface area contributed by atoms with Crippen LogP contribution >= 0.6 is 0 Å². The van der Waals surface area contributed by atoms with Crippen LogP contribution in [-0.2, 0) is 12.3 Å². The van der Waals surface area contributed by atoms with Gasteiger partial charge in [-0.3, -0.25) is 0 Å². The summed E-state index contributed by atoms with van der Waals surface area (Å²) in [6.07, 6.45) is 4.65. The molecule has 25 heavy (non-hydrogen) atoms. The van der Waals surface area contributed by atoms with Gasteiger partial charge in [0.2, 0.25) is 0 Å². The predicted octanol–water partition coefficient (Wildman–Crippen LogP) is 5.40. The number of aromatic nitrogens is 2. The zero-order valence-electron chi connectivity index (χ0n) is 17.8. The SMILES string of the molecule is CC(CC[Si](O[Si](C)(C)C)(O[Si](C)(C)C)O[Si](C)(C)C)c1ncc[nH]1. The summed E-state index contributed by atoms with van der Waals surface area (Å²) in [5.41, 5.74) is 0. The average molecular weight is 419 g/mol. The molecule has 1 atom stereocenters. The molecule has 0 spiro atoms. The Balaban J connectivity index is 3.07. The molecule has 0 aromatic carbocycles. The second-order valence-corrected chi connectivity index (χ2v) is 26.7. The Morgan fingerprint density at radius 1 is 0.880 bits per heavy atom. The molecule has 0 aliphatic heterocycles. The zero-order chi connectivity index (χ0) is 19.5. The van der Waals surface area contributed by atoms with Crippen LogP contribution in [0.1, 0.15) is 25.1 Å². The summed E-state index contributed by atoms with van der Waals surface area (Å²) < 4.78 is 20.2. The van der Waals surface area contributed by atoms with E-state index < -0.39 is 33.8 Å². The number of imidazole rings is 1. The van der Waals surface area contributed by atoms with Crippen LogP contribution in [0.4, 0.5) is 0 Å². The minimum atomic E-state index is -2.73. The van der Waals surface area contributed by atoms with Crippen LogP contribution in [0.15, 0.2) is 12.4 Å². The van der Waals surface area contributed by atoms with Gasteiger partial charge in [0.05, 0.1) is 0 Å². The lowest BCUT2D eigenvalue weighted by atomic mass is 10.1. The zero-order valence-corrected chi connectivity index (χ0v) is 21.8. The molecule has 1 N–H and O–H groups in total. The summed E-state index contributed by atoms with van der Waals surface area (Å²) >= 11 is 0. The van der Waals surface area contributed by atoms with E-state index in [4.69, 9.17) is 12.3 Å². The highest BCUT2D eigenvalue weighted by molar-refractivity contribution is 6.90. The van der Waals surface area contributed by atoms with Crippen molar-refractivity contribution in [2.75, 3.05) is 0 Å². The topological polar surface area (TPSA) is 56.4 Å². The van der Waals surface area contributed by atoms with E-state index in [0.29, 0.717) is 5.92 Å². The van der Waals surface area contributed by atoms with E-state index in [9.17, 15) is 0 Å². The first kappa shape index (κ1) is 23.0. The van der Waals surface area contributed by atoms with Crippen molar-refractivity contribution in [1.29, 1.82) is 0 Å². The van der Waals surface area contributed by atoms with Crippen LogP contribution in [0.25, 0.3) is 0 Å². The van der Waals surface area contributed by atoms with E-state index in [1.165, 1.54) is 0 Å². The highest BCUT2D eigenvalue weighted by atomic mass is 28.5. The molecule has 0 amide bonds. The standard InChI is InChI=1S/C16H38N2O3Si4/c1-15(16-17-12-13-18-16)11-14-25(19-22(2,3)4,20-23(5,6)7)21-24(8,9)10/h12-13,15H,11,14H2,1-10H3,(H,17,18). The number of nitrogens with zero attached hydrogens (tertiary/aromatic N) is 1. The highest BCUT2D eigenvalue weighted by Crippen LogP contribution is 2.32. The molecule has 1 rings (SSSR count). The summed E-state index contributed by atoms with van der Waals surface area (Å²) in [6.45, 7) is 22.3. The quantitative estimate of drug-likeness (QED) is 0.517. The van der Waals surface area contributed by atoms with Gasteiger partial charge < -0.3 is 17.3 Å². The Bertz CT molecular complexity index is 478. The second kappa shape index (κ2) is 8.32. The number of aromatic amines is 1. The lowest BCUT2D eigenvalue weighted by Crippen LogP contribution is -2.60. The molecule has 0 aliphatic carbocycles. The number of H-pyrrole nitrogens is 1. The maximum Gasteiger partial charge on any atom is 0.469 e. The lowest BCUT2D eigenvalue weighted by molar-refractivity contribution is 0.249. The molecule has 1 aromatic heterocycles. The molecule has 0 bridgehead atoms. The molecule has 5 nitrogen and oxygen atoms in total. The molecular weight excluding hydrogens is 381 g/mol. The van der Waals surface area contributed by atoms with Crippen LogP contribution in [-0.4, -0.2) is 43.7 Å². The average Bonchev–Trinajstić information content (AvgIpc) is 2.82. The molecule has 0 saturated carbocycles. The molecule has 1 aromatic rings. The van der Waals surface area contributed by atoms with E-state index in [-0.39, 0.29) is 0 Å². The first-order valence-corrected chi connectivity index (χ1v) is 21.4. The molecule has 1 unspecified atom stereocenters. The molecular formula is C16H38N2O3Si4. The predicted molar refractivity (Wildman–Crippen MR) is 115 cm³/mol. The van der Waals surface area contributed by atoms with Gasteiger partial charge in [0, 0.05) is 24.4 Å². The minimum Gasteiger partial charge on any atom is -0.417 e. The molecule has 9 heteroatoms. The second-order valence-electron chi connectivity index (χ2n) is 9.74. The fraction of sp³-hybridized carbons (Fsp3) is 0.812. The summed E-state index contributed by atoms with van der Waals surface area (Å²) in [7, 11) is -8.13. The van der Waals surface area contributed by atoms with Gasteiger partial charge in [-0.15, -0.1) is 0 Å². The first-order valence-electron chi connectivity index (χ1n) is 9.21. The maximum absolute atomic E-state index is 6.72. The van der Waals surface area contributed by atoms with E-state index >= 15 is 0 Å². The van der Waals surface area contributed by atoms with E-state index in [2.05, 4.69) is 75.8 Å². The summed E-state index contributed by atoms with van der Waals surface area (Å²) in [5, 5.41) is 0. The molecule has 0 saturated heterocycles. The van der Waals surface area contributed by atoms with Gasteiger partial charge in [0.15, 0.2) is 25.0 Å². The van der Waals surface area contributed by atoms with Gasteiger partial charge in [-0.25, -0.2) is 4.98 Å². The third-order valence-electron chi connectivity index (χ3n) is 3.25. The molecule has 0 radical (unpaired) electrons. The van der Waals surface area contributed by atoms with E-state index in [0.717, 1.165) is 18.3 Å². The number of nitrogens with one attached hydrogen (secondary N) is 1. The maximum atomic E-state index is 6.72. The van der Waals surface area contributed by atoms with Crippen LogP contribution in [0.3, 0.4) is 0 Å². The van der Waals surface area contributed by atoms with Crippen molar-refractivity contribution in [3.05, 3.63) is 18.2 Å². The van der Waals surface area contributed by atoms with Gasteiger partial charge >= 0.3 is 8.80 Å². The Hall–Kier alpha value is -0.0425. The number of hydrogen-bond acceptors (Lipinski definition) is 4. The lowest BCUT2D eigenvalue weighted by Gasteiger charge is -2.43. The van der Waals surface area contributed by atoms with E-state index in [1.807, 2.05) is 12.4 Å². The minimum absolute atomic E-state index is 0.336. The van der Waals surface area contributed by atoms with Crippen molar-refractivity contribution in [2.45, 2.75) is 84.2 Å². The Morgan fingerprint density at radius 2 is 1.32 bits per heavy atom. The van der Waals surface area contributed by atoms with Gasteiger partial charge in [0.25, 0.3) is 0 Å². The van der Waals surface area contributed by atoms with Gasteiger partial charge in [-0.1, -0.05) is 6.92 Å². The number of rotatable bonds is 10.